The van der Waals surface area contributed by atoms with Crippen molar-refractivity contribution in [2.24, 2.45) is 0 Å². The number of nitrogens with zero attached hydrogens (tertiary/aromatic N) is 3. The van der Waals surface area contributed by atoms with E-state index in [2.05, 4.69) is 55.7 Å². The Morgan fingerprint density at radius 1 is 1.03 bits per heavy atom. The average Bonchev–Trinajstić information content (AvgIpc) is 3.34. The molecule has 5 nitrogen and oxygen atoms in total. The van der Waals surface area contributed by atoms with Crippen molar-refractivity contribution in [1.82, 2.24) is 14.5 Å². The zero-order valence-electron chi connectivity index (χ0n) is 19.6. The topological polar surface area (TPSA) is 47.4 Å². The summed E-state index contributed by atoms with van der Waals surface area (Å²) in [7, 11) is 0. The molecule has 4 rings (SSSR count). The van der Waals surface area contributed by atoms with Gasteiger partial charge < -0.3 is 14.2 Å². The van der Waals surface area contributed by atoms with Crippen LogP contribution in [0.15, 0.2) is 42.5 Å². The monoisotopic (exact) mass is 433 g/mol. The standard InChI is InChI=1S/C27H35N3O2/c1-4-5-14-29-19-22(18-26(29)31)27-28-24-10-6-7-11-25(24)30(27)15-8-9-16-32-23-13-12-20(2)21(3)17-23/h6-7,10-13,17,22H,4-5,8-9,14-16,18-19H2,1-3H3/t22-/m1/s1. The van der Waals surface area contributed by atoms with Gasteiger partial charge in [-0.3, -0.25) is 4.79 Å². The second-order valence-corrected chi connectivity index (χ2v) is 9.01. The van der Waals surface area contributed by atoms with Crippen LogP contribution in [0.2, 0.25) is 0 Å². The van der Waals surface area contributed by atoms with Crippen molar-refractivity contribution in [3.05, 3.63) is 59.4 Å². The van der Waals surface area contributed by atoms with E-state index in [0.717, 1.165) is 67.9 Å². The molecule has 0 bridgehead atoms. The number of rotatable bonds is 10. The number of aromatic nitrogens is 2. The highest BCUT2D eigenvalue weighted by atomic mass is 16.5. The van der Waals surface area contributed by atoms with E-state index in [1.807, 2.05) is 17.0 Å². The maximum Gasteiger partial charge on any atom is 0.223 e. The van der Waals surface area contributed by atoms with Gasteiger partial charge in [-0.1, -0.05) is 31.5 Å². The van der Waals surface area contributed by atoms with Gasteiger partial charge >= 0.3 is 0 Å². The van der Waals surface area contributed by atoms with Gasteiger partial charge in [0.05, 0.1) is 17.6 Å². The Morgan fingerprint density at radius 2 is 1.88 bits per heavy atom. The Kier molecular flexibility index (Phi) is 7.13. The first kappa shape index (κ1) is 22.4. The molecule has 1 amide bonds. The Bertz CT molecular complexity index is 1070. The van der Waals surface area contributed by atoms with E-state index in [9.17, 15) is 4.79 Å². The van der Waals surface area contributed by atoms with Crippen molar-refractivity contribution in [3.8, 4) is 5.75 Å². The minimum Gasteiger partial charge on any atom is -0.494 e. The summed E-state index contributed by atoms with van der Waals surface area (Å²) in [5.74, 6) is 2.45. The van der Waals surface area contributed by atoms with Gasteiger partial charge in [0.25, 0.3) is 0 Å². The molecule has 1 aliphatic rings. The molecule has 1 saturated heterocycles. The molecule has 0 aliphatic carbocycles. The van der Waals surface area contributed by atoms with Gasteiger partial charge in [0.2, 0.25) is 5.91 Å². The van der Waals surface area contributed by atoms with Gasteiger partial charge in [0, 0.05) is 32.0 Å². The second kappa shape index (κ2) is 10.2. The lowest BCUT2D eigenvalue weighted by Crippen LogP contribution is -2.26. The number of carbonyl (C=O) groups excluding carboxylic acids is 1. The van der Waals surface area contributed by atoms with Crippen LogP contribution in [0.1, 0.15) is 61.9 Å². The molecule has 1 fully saturated rings. The minimum absolute atomic E-state index is 0.179. The van der Waals surface area contributed by atoms with Gasteiger partial charge in [-0.05, 0) is 68.5 Å². The molecular formula is C27H35N3O2. The molecule has 5 heteroatoms. The Morgan fingerprint density at radius 3 is 2.69 bits per heavy atom. The molecule has 32 heavy (non-hydrogen) atoms. The third kappa shape index (κ3) is 4.98. The Balaban J connectivity index is 1.40. The summed E-state index contributed by atoms with van der Waals surface area (Å²) in [5.41, 5.74) is 4.73. The number of likely N-dealkylation sites (tertiary alicyclic amines) is 1. The van der Waals surface area contributed by atoms with Crippen LogP contribution in [0.25, 0.3) is 11.0 Å². The van der Waals surface area contributed by atoms with Crippen molar-refractivity contribution >= 4 is 16.9 Å². The average molecular weight is 434 g/mol. The number of ether oxygens (including phenoxy) is 1. The molecule has 0 spiro atoms. The summed E-state index contributed by atoms with van der Waals surface area (Å²) in [6.45, 7) is 9.65. The van der Waals surface area contributed by atoms with E-state index < -0.39 is 0 Å². The highest BCUT2D eigenvalue weighted by molar-refractivity contribution is 5.80. The lowest BCUT2D eigenvalue weighted by molar-refractivity contribution is -0.127. The minimum atomic E-state index is 0.179. The number of para-hydroxylation sites is 2. The van der Waals surface area contributed by atoms with Crippen molar-refractivity contribution in [2.75, 3.05) is 19.7 Å². The number of carbonyl (C=O) groups is 1. The maximum atomic E-state index is 12.5. The molecule has 0 saturated carbocycles. The molecule has 0 radical (unpaired) electrons. The summed E-state index contributed by atoms with van der Waals surface area (Å²) in [5, 5.41) is 0. The first-order chi connectivity index (χ1) is 15.6. The van der Waals surface area contributed by atoms with Crippen molar-refractivity contribution in [3.63, 3.8) is 0 Å². The van der Waals surface area contributed by atoms with E-state index in [0.29, 0.717) is 13.0 Å². The zero-order chi connectivity index (χ0) is 22.5. The van der Waals surface area contributed by atoms with Gasteiger partial charge in [-0.2, -0.15) is 0 Å². The van der Waals surface area contributed by atoms with Crippen molar-refractivity contribution in [2.45, 2.75) is 65.3 Å². The predicted molar refractivity (Wildman–Crippen MR) is 129 cm³/mol. The predicted octanol–water partition coefficient (Wildman–Crippen LogP) is 5.63. The van der Waals surface area contributed by atoms with Gasteiger partial charge in [0.15, 0.2) is 0 Å². The highest BCUT2D eigenvalue weighted by Gasteiger charge is 2.33. The molecule has 1 aliphatic heterocycles. The fourth-order valence-electron chi connectivity index (χ4n) is 4.52. The largest absolute Gasteiger partial charge is 0.494 e. The van der Waals surface area contributed by atoms with Crippen LogP contribution in [0.3, 0.4) is 0 Å². The number of hydrogen-bond donors (Lipinski definition) is 0. The van der Waals surface area contributed by atoms with Crippen molar-refractivity contribution in [1.29, 1.82) is 0 Å². The van der Waals surface area contributed by atoms with Crippen LogP contribution in [-0.4, -0.2) is 40.1 Å². The normalized spacial score (nSPS) is 16.3. The smallest absolute Gasteiger partial charge is 0.223 e. The number of imidazole rings is 1. The maximum absolute atomic E-state index is 12.5. The molecule has 2 heterocycles. The van der Waals surface area contributed by atoms with Crippen LogP contribution >= 0.6 is 0 Å². The summed E-state index contributed by atoms with van der Waals surface area (Å²) in [4.78, 5) is 19.5. The molecule has 170 valence electrons. The number of fused-ring (bicyclic) bond motifs is 1. The Labute approximate surface area is 191 Å². The van der Waals surface area contributed by atoms with E-state index in [1.165, 1.54) is 11.1 Å². The number of amides is 1. The van der Waals surface area contributed by atoms with Crippen LogP contribution in [0.5, 0.6) is 5.75 Å². The van der Waals surface area contributed by atoms with E-state index in [4.69, 9.17) is 9.72 Å². The summed E-state index contributed by atoms with van der Waals surface area (Å²) in [6, 6.07) is 14.6. The molecule has 1 atom stereocenters. The number of aryl methyl sites for hydroxylation is 3. The van der Waals surface area contributed by atoms with Crippen LogP contribution in [-0.2, 0) is 11.3 Å². The fraction of sp³-hybridized carbons (Fsp3) is 0.481. The number of benzene rings is 2. The quantitative estimate of drug-likeness (QED) is 0.389. The molecule has 2 aromatic carbocycles. The van der Waals surface area contributed by atoms with E-state index >= 15 is 0 Å². The lowest BCUT2D eigenvalue weighted by atomic mass is 10.1. The van der Waals surface area contributed by atoms with Gasteiger partial charge in [0.1, 0.15) is 11.6 Å². The SMILES string of the molecule is CCCCN1C[C@H](c2nc3ccccc3n2CCCCOc2ccc(C)c(C)c2)CC1=O. The third-order valence-corrected chi connectivity index (χ3v) is 6.57. The molecule has 0 N–H and O–H groups in total. The fourth-order valence-corrected chi connectivity index (χ4v) is 4.52. The van der Waals surface area contributed by atoms with Crippen LogP contribution in [0, 0.1) is 13.8 Å². The van der Waals surface area contributed by atoms with E-state index in [1.54, 1.807) is 0 Å². The lowest BCUT2D eigenvalue weighted by Gasteiger charge is -2.17. The summed E-state index contributed by atoms with van der Waals surface area (Å²) >= 11 is 0. The first-order valence-electron chi connectivity index (χ1n) is 12.0. The van der Waals surface area contributed by atoms with Gasteiger partial charge in [-0.15, -0.1) is 0 Å². The first-order valence-corrected chi connectivity index (χ1v) is 12.0. The van der Waals surface area contributed by atoms with E-state index in [-0.39, 0.29) is 11.8 Å². The van der Waals surface area contributed by atoms with Crippen molar-refractivity contribution < 1.29 is 9.53 Å². The number of unbranched alkanes of at least 4 members (excludes halogenated alkanes) is 2. The zero-order valence-corrected chi connectivity index (χ0v) is 19.6. The molecule has 1 aromatic heterocycles. The summed E-state index contributed by atoms with van der Waals surface area (Å²) in [6.07, 6.45) is 4.74. The summed E-state index contributed by atoms with van der Waals surface area (Å²) < 4.78 is 8.31. The second-order valence-electron chi connectivity index (χ2n) is 9.01. The third-order valence-electron chi connectivity index (χ3n) is 6.57. The van der Waals surface area contributed by atoms with Crippen LogP contribution < -0.4 is 4.74 Å². The molecule has 0 unspecified atom stereocenters. The Hall–Kier alpha value is -2.82. The number of hydrogen-bond acceptors (Lipinski definition) is 3. The van der Waals surface area contributed by atoms with Crippen LogP contribution in [0.4, 0.5) is 0 Å². The van der Waals surface area contributed by atoms with Gasteiger partial charge in [-0.25, -0.2) is 4.98 Å². The molecule has 3 aromatic rings. The highest BCUT2D eigenvalue weighted by Crippen LogP contribution is 2.31. The molecular weight excluding hydrogens is 398 g/mol.